The number of aryl methyl sites for hydroxylation is 4. The molecule has 0 radical (unpaired) electrons. The van der Waals surface area contributed by atoms with Gasteiger partial charge in [0.25, 0.3) is 0 Å². The van der Waals surface area contributed by atoms with E-state index in [2.05, 4.69) is 23.1 Å². The molecule has 0 saturated carbocycles. The highest BCUT2D eigenvalue weighted by atomic mass is 32.1. The summed E-state index contributed by atoms with van der Waals surface area (Å²) in [5.74, 6) is 0. The summed E-state index contributed by atoms with van der Waals surface area (Å²) in [4.78, 5) is 2.99. The van der Waals surface area contributed by atoms with Gasteiger partial charge in [-0.2, -0.15) is 5.10 Å². The molecule has 0 unspecified atom stereocenters. The minimum Gasteiger partial charge on any atom is -0.337 e. The standard InChI is InChI=1S/C11H16N4S/c1-9-8-10(2)15(13-9)6-3-5-14-7-4-12-11(14)16/h4,7-8H,3,5-6H2,1-2H3,(H,12,16). The Kier molecular flexibility index (Phi) is 3.24. The van der Waals surface area contributed by atoms with Crippen molar-refractivity contribution in [3.63, 3.8) is 0 Å². The monoisotopic (exact) mass is 236 g/mol. The van der Waals surface area contributed by atoms with Gasteiger partial charge in [-0.05, 0) is 38.6 Å². The van der Waals surface area contributed by atoms with Gasteiger partial charge in [0, 0.05) is 31.2 Å². The fourth-order valence-electron chi connectivity index (χ4n) is 1.82. The lowest BCUT2D eigenvalue weighted by Crippen LogP contribution is -2.06. The summed E-state index contributed by atoms with van der Waals surface area (Å²) in [5.41, 5.74) is 2.30. The van der Waals surface area contributed by atoms with E-state index in [0.717, 1.165) is 30.0 Å². The number of nitrogens with zero attached hydrogens (tertiary/aromatic N) is 3. The Balaban J connectivity index is 1.91. The van der Waals surface area contributed by atoms with E-state index < -0.39 is 0 Å². The Morgan fingerprint density at radius 1 is 1.38 bits per heavy atom. The quantitative estimate of drug-likeness (QED) is 0.828. The van der Waals surface area contributed by atoms with E-state index in [4.69, 9.17) is 12.2 Å². The van der Waals surface area contributed by atoms with Crippen LogP contribution in [0.1, 0.15) is 17.8 Å². The number of nitrogens with one attached hydrogen (secondary N) is 1. The van der Waals surface area contributed by atoms with Gasteiger partial charge < -0.3 is 9.55 Å². The fraction of sp³-hybridized carbons (Fsp3) is 0.455. The number of aromatic amines is 1. The molecule has 0 saturated heterocycles. The van der Waals surface area contributed by atoms with E-state index in [1.54, 1.807) is 0 Å². The van der Waals surface area contributed by atoms with E-state index >= 15 is 0 Å². The van der Waals surface area contributed by atoms with Crippen molar-refractivity contribution in [1.29, 1.82) is 0 Å². The van der Waals surface area contributed by atoms with Gasteiger partial charge in [0.15, 0.2) is 4.77 Å². The molecule has 0 spiro atoms. The van der Waals surface area contributed by atoms with Gasteiger partial charge >= 0.3 is 0 Å². The van der Waals surface area contributed by atoms with Gasteiger partial charge in [-0.15, -0.1) is 0 Å². The van der Waals surface area contributed by atoms with Gasteiger partial charge in [0.05, 0.1) is 5.69 Å². The van der Waals surface area contributed by atoms with Gasteiger partial charge in [0.1, 0.15) is 0 Å². The number of hydrogen-bond donors (Lipinski definition) is 1. The van der Waals surface area contributed by atoms with E-state index in [1.807, 2.05) is 28.6 Å². The molecule has 2 aromatic rings. The van der Waals surface area contributed by atoms with Crippen molar-refractivity contribution in [3.8, 4) is 0 Å². The van der Waals surface area contributed by atoms with Crippen LogP contribution >= 0.6 is 12.2 Å². The molecule has 2 heterocycles. The predicted octanol–water partition coefficient (Wildman–Crippen LogP) is 2.45. The molecule has 4 nitrogen and oxygen atoms in total. The molecule has 0 aliphatic rings. The number of H-pyrrole nitrogens is 1. The summed E-state index contributed by atoms with van der Waals surface area (Å²) in [6.45, 7) is 5.97. The first kappa shape index (κ1) is 11.1. The van der Waals surface area contributed by atoms with Crippen LogP contribution in [0.5, 0.6) is 0 Å². The van der Waals surface area contributed by atoms with Crippen molar-refractivity contribution in [2.75, 3.05) is 0 Å². The molecule has 0 amide bonds. The molecule has 0 aliphatic heterocycles. The third-order valence-corrected chi connectivity index (χ3v) is 2.95. The highest BCUT2D eigenvalue weighted by molar-refractivity contribution is 7.71. The highest BCUT2D eigenvalue weighted by Crippen LogP contribution is 2.03. The van der Waals surface area contributed by atoms with Gasteiger partial charge in [-0.3, -0.25) is 4.68 Å². The van der Waals surface area contributed by atoms with Crippen molar-refractivity contribution < 1.29 is 0 Å². The Morgan fingerprint density at radius 2 is 2.19 bits per heavy atom. The second-order valence-corrected chi connectivity index (χ2v) is 4.35. The van der Waals surface area contributed by atoms with Crippen LogP contribution < -0.4 is 0 Å². The Bertz CT molecular complexity index is 520. The summed E-state index contributed by atoms with van der Waals surface area (Å²) in [7, 11) is 0. The lowest BCUT2D eigenvalue weighted by atomic mass is 10.4. The van der Waals surface area contributed by atoms with E-state index in [9.17, 15) is 0 Å². The number of hydrogen-bond acceptors (Lipinski definition) is 2. The van der Waals surface area contributed by atoms with Crippen LogP contribution in [0.15, 0.2) is 18.5 Å². The first-order chi connectivity index (χ1) is 7.66. The molecule has 0 bridgehead atoms. The van der Waals surface area contributed by atoms with Crippen molar-refractivity contribution in [2.45, 2.75) is 33.4 Å². The zero-order valence-corrected chi connectivity index (χ0v) is 10.4. The minimum atomic E-state index is 0.786. The van der Waals surface area contributed by atoms with Crippen molar-refractivity contribution in [1.82, 2.24) is 19.3 Å². The Hall–Kier alpha value is -1.36. The summed E-state index contributed by atoms with van der Waals surface area (Å²) >= 11 is 5.13. The molecule has 1 N–H and O–H groups in total. The zero-order valence-electron chi connectivity index (χ0n) is 9.60. The van der Waals surface area contributed by atoms with E-state index in [1.165, 1.54) is 5.69 Å². The van der Waals surface area contributed by atoms with Crippen LogP contribution in [0.2, 0.25) is 0 Å². The molecule has 2 aromatic heterocycles. The van der Waals surface area contributed by atoms with Crippen LogP contribution in [-0.2, 0) is 13.1 Å². The smallest absolute Gasteiger partial charge is 0.177 e. The van der Waals surface area contributed by atoms with Gasteiger partial charge in [-0.1, -0.05) is 0 Å². The molecule has 0 aromatic carbocycles. The molecule has 16 heavy (non-hydrogen) atoms. The molecule has 0 atom stereocenters. The van der Waals surface area contributed by atoms with Crippen molar-refractivity contribution in [2.24, 2.45) is 0 Å². The summed E-state index contributed by atoms with van der Waals surface area (Å²) in [5, 5.41) is 4.43. The molecule has 0 fully saturated rings. The number of rotatable bonds is 4. The average molecular weight is 236 g/mol. The zero-order chi connectivity index (χ0) is 11.5. The Morgan fingerprint density at radius 3 is 2.75 bits per heavy atom. The maximum Gasteiger partial charge on any atom is 0.177 e. The number of imidazole rings is 1. The maximum absolute atomic E-state index is 5.13. The Labute approximate surface area is 99.9 Å². The minimum absolute atomic E-state index is 0.786. The second kappa shape index (κ2) is 4.65. The molecular formula is C11H16N4S. The lowest BCUT2D eigenvalue weighted by molar-refractivity contribution is 0.514. The third-order valence-electron chi connectivity index (χ3n) is 2.59. The molecule has 2 rings (SSSR count). The van der Waals surface area contributed by atoms with Crippen LogP contribution in [0.25, 0.3) is 0 Å². The fourth-order valence-corrected chi connectivity index (χ4v) is 2.04. The largest absolute Gasteiger partial charge is 0.337 e. The lowest BCUT2D eigenvalue weighted by Gasteiger charge is -2.05. The molecular weight excluding hydrogens is 220 g/mol. The summed E-state index contributed by atoms with van der Waals surface area (Å²) in [6.07, 6.45) is 4.88. The molecule has 0 aliphatic carbocycles. The normalized spacial score (nSPS) is 10.9. The average Bonchev–Trinajstić information content (AvgIpc) is 2.75. The van der Waals surface area contributed by atoms with Crippen molar-refractivity contribution in [3.05, 3.63) is 34.6 Å². The molecule has 86 valence electrons. The molecule has 5 heteroatoms. The topological polar surface area (TPSA) is 38.5 Å². The first-order valence-corrected chi connectivity index (χ1v) is 5.82. The predicted molar refractivity (Wildman–Crippen MR) is 65.9 cm³/mol. The van der Waals surface area contributed by atoms with Crippen molar-refractivity contribution >= 4 is 12.2 Å². The van der Waals surface area contributed by atoms with Gasteiger partial charge in [-0.25, -0.2) is 0 Å². The summed E-state index contributed by atoms with van der Waals surface area (Å²) < 4.78 is 4.88. The van der Waals surface area contributed by atoms with Crippen LogP contribution in [-0.4, -0.2) is 19.3 Å². The third kappa shape index (κ3) is 2.41. The maximum atomic E-state index is 5.13. The van der Waals surface area contributed by atoms with E-state index in [0.29, 0.717) is 0 Å². The van der Waals surface area contributed by atoms with Crippen LogP contribution in [0, 0.1) is 18.6 Å². The summed E-state index contributed by atoms with van der Waals surface area (Å²) in [6, 6.07) is 2.10. The van der Waals surface area contributed by atoms with Crippen LogP contribution in [0.4, 0.5) is 0 Å². The highest BCUT2D eigenvalue weighted by Gasteiger charge is 2.00. The van der Waals surface area contributed by atoms with Gasteiger partial charge in [0.2, 0.25) is 0 Å². The SMILES string of the molecule is Cc1cc(C)n(CCCn2cc[nH]c2=S)n1. The first-order valence-electron chi connectivity index (χ1n) is 5.41. The number of aromatic nitrogens is 4. The second-order valence-electron chi connectivity index (χ2n) is 3.96. The van der Waals surface area contributed by atoms with Crippen LogP contribution in [0.3, 0.4) is 0 Å². The van der Waals surface area contributed by atoms with E-state index in [-0.39, 0.29) is 0 Å².